The molecular weight excluding hydrogens is 514 g/mol. The van der Waals surface area contributed by atoms with Crippen LogP contribution in [0.25, 0.3) is 22.6 Å². The maximum atomic E-state index is 6.87. The van der Waals surface area contributed by atoms with Crippen molar-refractivity contribution in [3.63, 3.8) is 0 Å². The Labute approximate surface area is 233 Å². The van der Waals surface area contributed by atoms with Gasteiger partial charge < -0.3 is 19.4 Å². The molecule has 4 aromatic rings. The average molecular weight is 548 g/mol. The molecule has 2 fully saturated rings. The Balaban J connectivity index is 1.33. The zero-order chi connectivity index (χ0) is 27.0. The van der Waals surface area contributed by atoms with E-state index < -0.39 is 0 Å². The Morgan fingerprint density at radius 3 is 2.62 bits per heavy atom. The fourth-order valence-electron chi connectivity index (χ4n) is 5.02. The van der Waals surface area contributed by atoms with Gasteiger partial charge in [0.2, 0.25) is 5.88 Å². The van der Waals surface area contributed by atoms with E-state index in [2.05, 4.69) is 46.2 Å². The molecule has 1 aliphatic heterocycles. The number of piperazine rings is 1. The molecule has 2 aliphatic rings. The molecular formula is C29H34ClN7O2. The molecule has 0 amide bonds. The minimum Gasteiger partial charge on any atom is -0.492 e. The van der Waals surface area contributed by atoms with Crippen LogP contribution >= 0.6 is 11.6 Å². The summed E-state index contributed by atoms with van der Waals surface area (Å²) in [5.41, 5.74) is 4.96. The van der Waals surface area contributed by atoms with Gasteiger partial charge in [0.25, 0.3) is 0 Å². The number of pyridine rings is 1. The lowest BCUT2D eigenvalue weighted by Crippen LogP contribution is -2.44. The summed E-state index contributed by atoms with van der Waals surface area (Å²) in [6, 6.07) is 9.93. The highest BCUT2D eigenvalue weighted by atomic mass is 35.5. The van der Waals surface area contributed by atoms with Gasteiger partial charge in [-0.05, 0) is 69.5 Å². The Kier molecular flexibility index (Phi) is 7.14. The number of rotatable bonds is 9. The fraction of sp³-hybridized carbons (Fsp3) is 0.448. The highest BCUT2D eigenvalue weighted by Gasteiger charge is 2.41. The number of fused-ring (bicyclic) bond motifs is 1. The van der Waals surface area contributed by atoms with Crippen molar-refractivity contribution in [2.75, 3.05) is 39.3 Å². The molecule has 10 heteroatoms. The Morgan fingerprint density at radius 1 is 1.05 bits per heavy atom. The summed E-state index contributed by atoms with van der Waals surface area (Å²) in [6.07, 6.45) is 3.54. The van der Waals surface area contributed by atoms with Crippen molar-refractivity contribution in [2.45, 2.75) is 45.8 Å². The molecule has 0 atom stereocenters. The number of benzene rings is 1. The maximum Gasteiger partial charge on any atom is 0.245 e. The van der Waals surface area contributed by atoms with Crippen molar-refractivity contribution < 1.29 is 9.47 Å². The van der Waals surface area contributed by atoms with Crippen molar-refractivity contribution >= 4 is 22.8 Å². The number of hydrogen-bond donors (Lipinski definition) is 1. The van der Waals surface area contributed by atoms with Crippen LogP contribution in [0.3, 0.4) is 0 Å². The summed E-state index contributed by atoms with van der Waals surface area (Å²) < 4.78 is 14.4. The van der Waals surface area contributed by atoms with E-state index in [-0.39, 0.29) is 5.60 Å². The van der Waals surface area contributed by atoms with Gasteiger partial charge in [-0.25, -0.2) is 9.97 Å². The van der Waals surface area contributed by atoms with Crippen LogP contribution in [0.15, 0.2) is 36.7 Å². The summed E-state index contributed by atoms with van der Waals surface area (Å²) in [4.78, 5) is 21.2. The molecule has 204 valence electrons. The topological polar surface area (TPSA) is 90.2 Å². The molecule has 4 heterocycles. The normalized spacial score (nSPS) is 16.9. The number of ether oxygens (including phenoxy) is 2. The van der Waals surface area contributed by atoms with E-state index in [9.17, 15) is 0 Å². The highest BCUT2D eigenvalue weighted by molar-refractivity contribution is 6.33. The van der Waals surface area contributed by atoms with Crippen LogP contribution in [0.1, 0.15) is 36.7 Å². The molecule has 3 aromatic heterocycles. The third-order valence-electron chi connectivity index (χ3n) is 7.33. The zero-order valence-electron chi connectivity index (χ0n) is 22.7. The van der Waals surface area contributed by atoms with E-state index in [0.29, 0.717) is 41.0 Å². The maximum absolute atomic E-state index is 6.87. The highest BCUT2D eigenvalue weighted by Crippen LogP contribution is 2.41. The Bertz CT molecular complexity index is 1470. The lowest BCUT2D eigenvalue weighted by Gasteiger charge is -2.26. The van der Waals surface area contributed by atoms with E-state index in [1.165, 1.54) is 6.33 Å². The SMILES string of the molecule is Cc1cc(C)nc(Cn2c(-c3ccc(OCCN4CCNCC4)cc3Cl)nc3c(OC4(C)CC4)ncnc32)c1. The van der Waals surface area contributed by atoms with Crippen LogP contribution in [-0.2, 0) is 6.54 Å². The first-order valence-electron chi connectivity index (χ1n) is 13.6. The van der Waals surface area contributed by atoms with E-state index in [4.69, 9.17) is 31.0 Å². The molecule has 1 saturated carbocycles. The average Bonchev–Trinajstić information content (AvgIpc) is 3.52. The van der Waals surface area contributed by atoms with Crippen LogP contribution in [0.5, 0.6) is 11.6 Å². The lowest BCUT2D eigenvalue weighted by atomic mass is 10.2. The first-order chi connectivity index (χ1) is 18.9. The zero-order valence-corrected chi connectivity index (χ0v) is 23.5. The van der Waals surface area contributed by atoms with Crippen molar-refractivity contribution in [3.05, 3.63) is 58.6 Å². The second-order valence-electron chi connectivity index (χ2n) is 10.8. The summed E-state index contributed by atoms with van der Waals surface area (Å²) in [7, 11) is 0. The third kappa shape index (κ3) is 5.85. The molecule has 0 spiro atoms. The Hall–Kier alpha value is -3.27. The number of aryl methyl sites for hydroxylation is 2. The largest absolute Gasteiger partial charge is 0.492 e. The van der Waals surface area contributed by atoms with Gasteiger partial charge in [0.05, 0.1) is 17.3 Å². The van der Waals surface area contributed by atoms with Gasteiger partial charge in [-0.3, -0.25) is 9.88 Å². The number of halogens is 1. The van der Waals surface area contributed by atoms with E-state index >= 15 is 0 Å². The minimum absolute atomic E-state index is 0.193. The van der Waals surface area contributed by atoms with Crippen molar-refractivity contribution in [3.8, 4) is 23.0 Å². The smallest absolute Gasteiger partial charge is 0.245 e. The number of imidazole rings is 1. The molecule has 1 saturated heterocycles. The molecule has 1 aromatic carbocycles. The van der Waals surface area contributed by atoms with Gasteiger partial charge >= 0.3 is 0 Å². The van der Waals surface area contributed by atoms with Gasteiger partial charge in [-0.2, -0.15) is 4.98 Å². The number of nitrogens with zero attached hydrogens (tertiary/aromatic N) is 6. The molecule has 9 nitrogen and oxygen atoms in total. The van der Waals surface area contributed by atoms with Gasteiger partial charge in [-0.15, -0.1) is 0 Å². The van der Waals surface area contributed by atoms with Gasteiger partial charge in [0, 0.05) is 44.0 Å². The number of nitrogens with one attached hydrogen (secondary N) is 1. The van der Waals surface area contributed by atoms with Crippen molar-refractivity contribution in [1.82, 2.24) is 34.7 Å². The third-order valence-corrected chi connectivity index (χ3v) is 7.65. The molecule has 1 aliphatic carbocycles. The summed E-state index contributed by atoms with van der Waals surface area (Å²) in [5.74, 6) is 1.93. The molecule has 39 heavy (non-hydrogen) atoms. The summed E-state index contributed by atoms with van der Waals surface area (Å²) in [6.45, 7) is 12.3. The number of aromatic nitrogens is 5. The lowest BCUT2D eigenvalue weighted by molar-refractivity contribution is 0.191. The summed E-state index contributed by atoms with van der Waals surface area (Å²) >= 11 is 6.87. The van der Waals surface area contributed by atoms with Gasteiger partial charge in [-0.1, -0.05) is 11.6 Å². The predicted octanol–water partition coefficient (Wildman–Crippen LogP) is 4.42. The van der Waals surface area contributed by atoms with E-state index in [0.717, 1.165) is 73.8 Å². The first-order valence-corrected chi connectivity index (χ1v) is 13.9. The minimum atomic E-state index is -0.193. The second kappa shape index (κ2) is 10.7. The molecule has 6 rings (SSSR count). The quantitative estimate of drug-likeness (QED) is 0.329. The van der Waals surface area contributed by atoms with Crippen LogP contribution in [0.4, 0.5) is 0 Å². The molecule has 0 radical (unpaired) electrons. The molecule has 1 N–H and O–H groups in total. The van der Waals surface area contributed by atoms with Gasteiger partial charge in [0.1, 0.15) is 30.1 Å². The monoisotopic (exact) mass is 547 g/mol. The van der Waals surface area contributed by atoms with E-state index in [1.54, 1.807) is 0 Å². The summed E-state index contributed by atoms with van der Waals surface area (Å²) in [5, 5.41) is 3.94. The van der Waals surface area contributed by atoms with Crippen LogP contribution < -0.4 is 14.8 Å². The number of hydrogen-bond acceptors (Lipinski definition) is 8. The van der Waals surface area contributed by atoms with Crippen LogP contribution in [-0.4, -0.2) is 74.3 Å². The van der Waals surface area contributed by atoms with Crippen molar-refractivity contribution in [2.24, 2.45) is 0 Å². The molecule has 0 bridgehead atoms. The second-order valence-corrected chi connectivity index (χ2v) is 11.2. The van der Waals surface area contributed by atoms with E-state index in [1.807, 2.05) is 29.7 Å². The fourth-order valence-corrected chi connectivity index (χ4v) is 5.27. The first kappa shape index (κ1) is 26.0. The standard InChI is InChI=1S/C29H34ClN7O2/c1-19-14-20(2)34-21(15-19)17-37-26(35-25-27(37)32-18-33-28(25)39-29(3)6-7-29)23-5-4-22(16-24(23)30)38-13-12-36-10-8-31-9-11-36/h4-5,14-16,18,31H,6-13,17H2,1-3H3. The molecule has 0 unspecified atom stereocenters. The van der Waals surface area contributed by atoms with Crippen LogP contribution in [0, 0.1) is 13.8 Å². The predicted molar refractivity (Wildman–Crippen MR) is 152 cm³/mol. The van der Waals surface area contributed by atoms with Crippen molar-refractivity contribution in [1.29, 1.82) is 0 Å². The Morgan fingerprint density at radius 2 is 1.87 bits per heavy atom. The van der Waals surface area contributed by atoms with Crippen LogP contribution in [0.2, 0.25) is 5.02 Å². The van der Waals surface area contributed by atoms with Gasteiger partial charge in [0.15, 0.2) is 11.2 Å².